The van der Waals surface area contributed by atoms with Crippen molar-refractivity contribution in [1.82, 2.24) is 15.5 Å². The monoisotopic (exact) mass is 293 g/mol. The minimum absolute atomic E-state index is 0.0662. The molecular formula is C13H15N3O3S. The van der Waals surface area contributed by atoms with Gasteiger partial charge in [0.1, 0.15) is 9.84 Å². The maximum absolute atomic E-state index is 12.1. The lowest BCUT2D eigenvalue weighted by atomic mass is 10.1. The molecule has 1 aliphatic rings. The summed E-state index contributed by atoms with van der Waals surface area (Å²) in [6.45, 7) is 0. The number of fused-ring (bicyclic) bond motifs is 1. The van der Waals surface area contributed by atoms with E-state index in [-0.39, 0.29) is 23.5 Å². The first-order valence-electron chi connectivity index (χ1n) is 6.48. The molecule has 1 amide bonds. The van der Waals surface area contributed by atoms with Gasteiger partial charge in [-0.05, 0) is 25.0 Å². The molecule has 2 N–H and O–H groups in total. The van der Waals surface area contributed by atoms with Gasteiger partial charge < -0.3 is 5.32 Å². The third-order valence-electron chi connectivity index (χ3n) is 3.59. The van der Waals surface area contributed by atoms with E-state index in [9.17, 15) is 13.2 Å². The molecule has 1 aliphatic heterocycles. The van der Waals surface area contributed by atoms with Crippen LogP contribution in [0.1, 0.15) is 23.2 Å². The second-order valence-electron chi connectivity index (χ2n) is 5.07. The molecule has 0 spiro atoms. The van der Waals surface area contributed by atoms with E-state index >= 15 is 0 Å². The number of aromatic amines is 1. The zero-order valence-corrected chi connectivity index (χ0v) is 11.6. The smallest absolute Gasteiger partial charge is 0.251 e. The van der Waals surface area contributed by atoms with Crippen LogP contribution in [0.3, 0.4) is 0 Å². The highest BCUT2D eigenvalue weighted by molar-refractivity contribution is 7.91. The SMILES string of the molecule is O=C(NC1CCS(=O)(=O)CC1)c1ccc2cn[nH]c2c1. The minimum atomic E-state index is -2.90. The van der Waals surface area contributed by atoms with Crippen LogP contribution in [0.25, 0.3) is 10.9 Å². The summed E-state index contributed by atoms with van der Waals surface area (Å²) in [6.07, 6.45) is 2.67. The summed E-state index contributed by atoms with van der Waals surface area (Å²) < 4.78 is 22.7. The molecule has 2 heterocycles. The Kier molecular flexibility index (Phi) is 3.21. The van der Waals surface area contributed by atoms with Crippen molar-refractivity contribution in [2.45, 2.75) is 18.9 Å². The summed E-state index contributed by atoms with van der Waals surface area (Å²) in [6, 6.07) is 5.26. The average molecular weight is 293 g/mol. The number of hydrogen-bond acceptors (Lipinski definition) is 4. The van der Waals surface area contributed by atoms with E-state index < -0.39 is 9.84 Å². The van der Waals surface area contributed by atoms with E-state index in [1.807, 2.05) is 6.07 Å². The predicted molar refractivity (Wildman–Crippen MR) is 75.2 cm³/mol. The van der Waals surface area contributed by atoms with Gasteiger partial charge in [-0.3, -0.25) is 9.89 Å². The second kappa shape index (κ2) is 4.90. The Labute approximate surface area is 116 Å². The van der Waals surface area contributed by atoms with Crippen LogP contribution in [0.4, 0.5) is 0 Å². The Morgan fingerprint density at radius 3 is 2.80 bits per heavy atom. The normalized spacial score (nSPS) is 19.0. The van der Waals surface area contributed by atoms with Gasteiger partial charge in [0.15, 0.2) is 0 Å². The van der Waals surface area contributed by atoms with Gasteiger partial charge in [-0.15, -0.1) is 0 Å². The van der Waals surface area contributed by atoms with Gasteiger partial charge in [0.25, 0.3) is 5.91 Å². The Hall–Kier alpha value is -1.89. The number of amides is 1. The van der Waals surface area contributed by atoms with Crippen molar-refractivity contribution >= 4 is 26.6 Å². The highest BCUT2D eigenvalue weighted by atomic mass is 32.2. The standard InChI is InChI=1S/C13H15N3O3S/c17-13(15-11-3-5-20(18,19)6-4-11)9-1-2-10-8-14-16-12(10)7-9/h1-2,7-8,11H,3-6H2,(H,14,16)(H,15,17). The van der Waals surface area contributed by atoms with Gasteiger partial charge in [-0.2, -0.15) is 5.10 Å². The van der Waals surface area contributed by atoms with Gasteiger partial charge >= 0.3 is 0 Å². The van der Waals surface area contributed by atoms with Crippen molar-refractivity contribution < 1.29 is 13.2 Å². The minimum Gasteiger partial charge on any atom is -0.349 e. The molecule has 6 nitrogen and oxygen atoms in total. The third kappa shape index (κ3) is 2.67. The molecule has 1 saturated heterocycles. The van der Waals surface area contributed by atoms with E-state index in [0.29, 0.717) is 18.4 Å². The van der Waals surface area contributed by atoms with Crippen molar-refractivity contribution in [2.75, 3.05) is 11.5 Å². The van der Waals surface area contributed by atoms with Crippen LogP contribution < -0.4 is 5.32 Å². The molecule has 0 aliphatic carbocycles. The highest BCUT2D eigenvalue weighted by Gasteiger charge is 2.24. The summed E-state index contributed by atoms with van der Waals surface area (Å²) in [5.41, 5.74) is 1.36. The largest absolute Gasteiger partial charge is 0.349 e. The van der Waals surface area contributed by atoms with E-state index in [4.69, 9.17) is 0 Å². The van der Waals surface area contributed by atoms with Crippen molar-refractivity contribution in [1.29, 1.82) is 0 Å². The number of benzene rings is 1. The molecule has 0 unspecified atom stereocenters. The van der Waals surface area contributed by atoms with Crippen molar-refractivity contribution in [3.8, 4) is 0 Å². The highest BCUT2D eigenvalue weighted by Crippen LogP contribution is 2.15. The van der Waals surface area contributed by atoms with Crippen molar-refractivity contribution in [3.05, 3.63) is 30.0 Å². The molecule has 0 atom stereocenters. The van der Waals surface area contributed by atoms with Crippen molar-refractivity contribution in [2.24, 2.45) is 0 Å². The molecule has 3 rings (SSSR count). The Morgan fingerprint density at radius 1 is 1.30 bits per heavy atom. The first-order chi connectivity index (χ1) is 9.53. The molecule has 1 aromatic heterocycles. The number of carbonyl (C=O) groups excluding carboxylic acids is 1. The molecule has 2 aromatic rings. The molecule has 0 saturated carbocycles. The number of aromatic nitrogens is 2. The quantitative estimate of drug-likeness (QED) is 0.859. The molecular weight excluding hydrogens is 278 g/mol. The predicted octanol–water partition coefficient (Wildman–Crippen LogP) is 0.870. The van der Waals surface area contributed by atoms with Gasteiger partial charge in [-0.1, -0.05) is 6.07 Å². The number of sulfone groups is 1. The zero-order chi connectivity index (χ0) is 14.2. The fourth-order valence-corrected chi connectivity index (χ4v) is 3.87. The molecule has 106 valence electrons. The Balaban J connectivity index is 1.70. The van der Waals surface area contributed by atoms with E-state index in [1.54, 1.807) is 18.3 Å². The summed E-state index contributed by atoms with van der Waals surface area (Å²) in [5, 5.41) is 10.6. The number of rotatable bonds is 2. The van der Waals surface area contributed by atoms with Gasteiger partial charge in [0.2, 0.25) is 0 Å². The summed E-state index contributed by atoms with van der Waals surface area (Å²) >= 11 is 0. The molecule has 1 fully saturated rings. The first-order valence-corrected chi connectivity index (χ1v) is 8.30. The van der Waals surface area contributed by atoms with E-state index in [0.717, 1.165) is 10.9 Å². The summed E-state index contributed by atoms with van der Waals surface area (Å²) in [7, 11) is -2.90. The molecule has 0 bridgehead atoms. The second-order valence-corrected chi connectivity index (χ2v) is 7.38. The van der Waals surface area contributed by atoms with Crippen LogP contribution in [0.5, 0.6) is 0 Å². The topological polar surface area (TPSA) is 91.9 Å². The summed E-state index contributed by atoms with van der Waals surface area (Å²) in [4.78, 5) is 12.1. The van der Waals surface area contributed by atoms with Crippen LogP contribution in [0.15, 0.2) is 24.4 Å². The lowest BCUT2D eigenvalue weighted by Crippen LogP contribution is -2.40. The molecule has 1 aromatic carbocycles. The van der Waals surface area contributed by atoms with Crippen LogP contribution in [0.2, 0.25) is 0 Å². The van der Waals surface area contributed by atoms with Crippen molar-refractivity contribution in [3.63, 3.8) is 0 Å². The lowest BCUT2D eigenvalue weighted by Gasteiger charge is -2.23. The van der Waals surface area contributed by atoms with Crippen LogP contribution >= 0.6 is 0 Å². The third-order valence-corrected chi connectivity index (χ3v) is 5.31. The number of H-pyrrole nitrogens is 1. The molecule has 0 radical (unpaired) electrons. The zero-order valence-electron chi connectivity index (χ0n) is 10.8. The maximum Gasteiger partial charge on any atom is 0.251 e. The van der Waals surface area contributed by atoms with Crippen LogP contribution in [0, 0.1) is 0 Å². The maximum atomic E-state index is 12.1. The fraction of sp³-hybridized carbons (Fsp3) is 0.385. The lowest BCUT2D eigenvalue weighted by molar-refractivity contribution is 0.0934. The fourth-order valence-electron chi connectivity index (χ4n) is 2.38. The van der Waals surface area contributed by atoms with E-state index in [1.165, 1.54) is 0 Å². The van der Waals surface area contributed by atoms with Crippen LogP contribution in [-0.4, -0.2) is 42.1 Å². The van der Waals surface area contributed by atoms with Gasteiger partial charge in [0, 0.05) is 17.0 Å². The Morgan fingerprint density at radius 2 is 2.05 bits per heavy atom. The number of carbonyl (C=O) groups is 1. The molecule has 7 heteroatoms. The number of nitrogens with zero attached hydrogens (tertiary/aromatic N) is 1. The first kappa shape index (κ1) is 13.1. The number of nitrogens with one attached hydrogen (secondary N) is 2. The average Bonchev–Trinajstić information content (AvgIpc) is 2.88. The molecule has 20 heavy (non-hydrogen) atoms. The Bertz CT molecular complexity index is 737. The van der Waals surface area contributed by atoms with E-state index in [2.05, 4.69) is 15.5 Å². The van der Waals surface area contributed by atoms with Gasteiger partial charge in [0.05, 0.1) is 23.2 Å². The van der Waals surface area contributed by atoms with Gasteiger partial charge in [-0.25, -0.2) is 8.42 Å². The van der Waals surface area contributed by atoms with Crippen LogP contribution in [-0.2, 0) is 9.84 Å². The summed E-state index contributed by atoms with van der Waals surface area (Å²) in [5.74, 6) is 0.125. The number of hydrogen-bond donors (Lipinski definition) is 2.